The topological polar surface area (TPSA) is 29.5 Å². The summed E-state index contributed by atoms with van der Waals surface area (Å²) in [6.07, 6.45) is 6.65. The molecule has 4 rings (SSSR count). The second kappa shape index (κ2) is 5.78. The van der Waals surface area contributed by atoms with Gasteiger partial charge < -0.3 is 9.64 Å². The number of carbonyl (C=O) groups is 1. The molecule has 3 fully saturated rings. The average molecular weight is 334 g/mol. The van der Waals surface area contributed by atoms with Crippen LogP contribution in [0.4, 0.5) is 0 Å². The van der Waals surface area contributed by atoms with E-state index in [2.05, 4.69) is 4.90 Å². The van der Waals surface area contributed by atoms with Crippen LogP contribution in [0.15, 0.2) is 24.3 Å². The molecule has 124 valence electrons. The average Bonchev–Trinajstić information content (AvgIpc) is 3.35. The van der Waals surface area contributed by atoms with Gasteiger partial charge in [-0.1, -0.05) is 23.7 Å². The first-order valence-electron chi connectivity index (χ1n) is 8.77. The van der Waals surface area contributed by atoms with Gasteiger partial charge >= 0.3 is 0 Å². The van der Waals surface area contributed by atoms with Crippen molar-refractivity contribution < 1.29 is 9.53 Å². The van der Waals surface area contributed by atoms with Crippen molar-refractivity contribution in [1.29, 1.82) is 0 Å². The molecule has 1 aromatic rings. The van der Waals surface area contributed by atoms with Crippen LogP contribution in [-0.4, -0.2) is 37.1 Å². The maximum atomic E-state index is 13.4. The number of benzene rings is 1. The molecule has 2 saturated heterocycles. The minimum absolute atomic E-state index is 0.304. The predicted octanol–water partition coefficient (Wildman–Crippen LogP) is 3.79. The van der Waals surface area contributed by atoms with Crippen LogP contribution in [0, 0.1) is 5.41 Å². The lowest BCUT2D eigenvalue weighted by Gasteiger charge is -2.42. The molecule has 1 aromatic carbocycles. The quantitative estimate of drug-likeness (QED) is 0.824. The van der Waals surface area contributed by atoms with Crippen LogP contribution >= 0.6 is 11.6 Å². The van der Waals surface area contributed by atoms with Crippen LogP contribution in [0.2, 0.25) is 5.02 Å². The molecule has 0 N–H and O–H groups in total. The number of nitrogens with zero attached hydrogens (tertiary/aromatic N) is 1. The number of halogens is 1. The Balaban J connectivity index is 1.59. The Bertz CT molecular complexity index is 578. The molecular formula is C19H24ClNO2. The van der Waals surface area contributed by atoms with Gasteiger partial charge in [-0.25, -0.2) is 0 Å². The van der Waals surface area contributed by atoms with Gasteiger partial charge in [0.05, 0.1) is 5.41 Å². The van der Waals surface area contributed by atoms with Crippen LogP contribution in [0.1, 0.15) is 44.1 Å². The molecule has 1 spiro atoms. The Kier molecular flexibility index (Phi) is 3.89. The summed E-state index contributed by atoms with van der Waals surface area (Å²) in [6, 6.07) is 7.85. The third-order valence-electron chi connectivity index (χ3n) is 6.22. The van der Waals surface area contributed by atoms with E-state index >= 15 is 0 Å². The normalized spacial score (nSPS) is 25.3. The van der Waals surface area contributed by atoms with E-state index in [0.717, 1.165) is 36.5 Å². The lowest BCUT2D eigenvalue weighted by molar-refractivity contribution is -0.143. The molecular weight excluding hydrogens is 310 g/mol. The van der Waals surface area contributed by atoms with Crippen molar-refractivity contribution in [3.63, 3.8) is 0 Å². The predicted molar refractivity (Wildman–Crippen MR) is 90.7 cm³/mol. The monoisotopic (exact) mass is 333 g/mol. The van der Waals surface area contributed by atoms with Gasteiger partial charge in [-0.05, 0) is 61.6 Å². The van der Waals surface area contributed by atoms with Crippen LogP contribution in [0.3, 0.4) is 0 Å². The highest BCUT2D eigenvalue weighted by atomic mass is 35.5. The summed E-state index contributed by atoms with van der Waals surface area (Å²) in [5.41, 5.74) is 1.28. The molecule has 2 heterocycles. The van der Waals surface area contributed by atoms with Gasteiger partial charge in [0.2, 0.25) is 5.91 Å². The Labute approximate surface area is 142 Å². The van der Waals surface area contributed by atoms with Gasteiger partial charge in [-0.3, -0.25) is 4.79 Å². The third kappa shape index (κ3) is 2.78. The smallest absolute Gasteiger partial charge is 0.233 e. The molecule has 1 saturated carbocycles. The van der Waals surface area contributed by atoms with Gasteiger partial charge in [-0.15, -0.1) is 0 Å². The molecule has 0 aromatic heterocycles. The van der Waals surface area contributed by atoms with Crippen molar-refractivity contribution in [2.24, 2.45) is 5.41 Å². The van der Waals surface area contributed by atoms with E-state index < -0.39 is 5.41 Å². The van der Waals surface area contributed by atoms with Crippen molar-refractivity contribution in [3.8, 4) is 0 Å². The minimum Gasteiger partial charge on any atom is -0.381 e. The maximum absolute atomic E-state index is 13.4. The van der Waals surface area contributed by atoms with Gasteiger partial charge in [-0.2, -0.15) is 0 Å². The molecule has 0 bridgehead atoms. The van der Waals surface area contributed by atoms with Crippen molar-refractivity contribution in [2.45, 2.75) is 43.9 Å². The summed E-state index contributed by atoms with van der Waals surface area (Å²) in [5, 5.41) is 0.719. The zero-order valence-corrected chi connectivity index (χ0v) is 14.3. The molecule has 3 aliphatic rings. The molecule has 1 aliphatic carbocycles. The number of rotatable bonds is 2. The summed E-state index contributed by atoms with van der Waals surface area (Å²) in [4.78, 5) is 15.5. The summed E-state index contributed by atoms with van der Waals surface area (Å²) >= 11 is 6.04. The Hall–Kier alpha value is -1.06. The molecule has 0 radical (unpaired) electrons. The molecule has 3 nitrogen and oxygen atoms in total. The van der Waals surface area contributed by atoms with E-state index in [0.29, 0.717) is 24.5 Å². The van der Waals surface area contributed by atoms with Gasteiger partial charge in [0.25, 0.3) is 0 Å². The summed E-state index contributed by atoms with van der Waals surface area (Å²) < 4.78 is 5.55. The van der Waals surface area contributed by atoms with Gasteiger partial charge in [0.1, 0.15) is 0 Å². The first-order chi connectivity index (χ1) is 11.1. The van der Waals surface area contributed by atoms with Crippen LogP contribution in [0.5, 0.6) is 0 Å². The molecule has 2 aliphatic heterocycles. The fraction of sp³-hybridized carbons (Fsp3) is 0.632. The molecule has 0 unspecified atom stereocenters. The highest BCUT2D eigenvalue weighted by Crippen LogP contribution is 2.54. The summed E-state index contributed by atoms with van der Waals surface area (Å²) in [5.74, 6) is 0.304. The summed E-state index contributed by atoms with van der Waals surface area (Å²) in [7, 11) is 0. The van der Waals surface area contributed by atoms with Crippen molar-refractivity contribution in [3.05, 3.63) is 34.9 Å². The van der Waals surface area contributed by atoms with E-state index in [9.17, 15) is 4.79 Å². The van der Waals surface area contributed by atoms with Crippen molar-refractivity contribution >= 4 is 17.5 Å². The SMILES string of the molecule is O=C(N1CCC2(CC1)CC2)C1(c2ccc(Cl)cc2)CCOCC1. The lowest BCUT2D eigenvalue weighted by atomic mass is 9.72. The number of carbonyl (C=O) groups excluding carboxylic acids is 1. The fourth-order valence-electron chi connectivity index (χ4n) is 4.28. The van der Waals surface area contributed by atoms with E-state index in [1.54, 1.807) is 0 Å². The lowest BCUT2D eigenvalue weighted by Crippen LogP contribution is -2.52. The number of amides is 1. The number of piperidine rings is 1. The van der Waals surface area contributed by atoms with E-state index in [1.165, 1.54) is 25.7 Å². The highest BCUT2D eigenvalue weighted by molar-refractivity contribution is 6.30. The van der Waals surface area contributed by atoms with Crippen molar-refractivity contribution in [2.75, 3.05) is 26.3 Å². The number of likely N-dealkylation sites (tertiary alicyclic amines) is 1. The molecule has 1 amide bonds. The zero-order valence-electron chi connectivity index (χ0n) is 13.5. The molecule has 0 atom stereocenters. The van der Waals surface area contributed by atoms with Gasteiger partial charge in [0, 0.05) is 31.3 Å². The Morgan fingerprint density at radius 1 is 0.957 bits per heavy atom. The number of hydrogen-bond acceptors (Lipinski definition) is 2. The second-order valence-electron chi connectivity index (χ2n) is 7.49. The molecule has 4 heteroatoms. The maximum Gasteiger partial charge on any atom is 0.233 e. The van der Waals surface area contributed by atoms with E-state index in [1.807, 2.05) is 24.3 Å². The zero-order chi connectivity index (χ0) is 15.9. The van der Waals surface area contributed by atoms with E-state index in [-0.39, 0.29) is 0 Å². The van der Waals surface area contributed by atoms with Crippen LogP contribution in [0.25, 0.3) is 0 Å². The second-order valence-corrected chi connectivity index (χ2v) is 7.93. The first kappa shape index (κ1) is 15.5. The number of hydrogen-bond donors (Lipinski definition) is 0. The Morgan fingerprint density at radius 3 is 2.13 bits per heavy atom. The first-order valence-corrected chi connectivity index (χ1v) is 9.15. The highest BCUT2D eigenvalue weighted by Gasteiger charge is 2.49. The third-order valence-corrected chi connectivity index (χ3v) is 6.47. The van der Waals surface area contributed by atoms with E-state index in [4.69, 9.17) is 16.3 Å². The minimum atomic E-state index is -0.420. The van der Waals surface area contributed by atoms with Gasteiger partial charge in [0.15, 0.2) is 0 Å². The summed E-state index contributed by atoms with van der Waals surface area (Å²) in [6.45, 7) is 3.17. The van der Waals surface area contributed by atoms with Crippen molar-refractivity contribution in [1.82, 2.24) is 4.90 Å². The standard InChI is InChI=1S/C19H24ClNO2/c20-16-3-1-15(2-4-16)19(9-13-23-14-10-19)17(22)21-11-7-18(5-6-18)8-12-21/h1-4H,5-14H2. The number of ether oxygens (including phenoxy) is 1. The fourth-order valence-corrected chi connectivity index (χ4v) is 4.40. The Morgan fingerprint density at radius 2 is 1.57 bits per heavy atom. The van der Waals surface area contributed by atoms with Crippen LogP contribution in [-0.2, 0) is 14.9 Å². The largest absolute Gasteiger partial charge is 0.381 e. The molecule has 23 heavy (non-hydrogen) atoms. The van der Waals surface area contributed by atoms with Crippen LogP contribution < -0.4 is 0 Å².